The van der Waals surface area contributed by atoms with E-state index in [0.717, 1.165) is 44.1 Å². The first-order valence-corrected chi connectivity index (χ1v) is 9.42. The molecular weight excluding hydrogens is 326 g/mol. The molecule has 1 aromatic heterocycles. The van der Waals surface area contributed by atoms with Crippen LogP contribution in [-0.2, 0) is 0 Å². The number of carbonyl (C=O) groups excluding carboxylic acids is 1. The summed E-state index contributed by atoms with van der Waals surface area (Å²) in [6, 6.07) is 8.21. The van der Waals surface area contributed by atoms with Crippen molar-refractivity contribution >= 4 is 5.91 Å². The van der Waals surface area contributed by atoms with E-state index >= 15 is 0 Å². The van der Waals surface area contributed by atoms with Gasteiger partial charge in [0.05, 0.1) is 23.1 Å². The van der Waals surface area contributed by atoms with E-state index in [9.17, 15) is 4.79 Å². The van der Waals surface area contributed by atoms with Gasteiger partial charge in [-0.2, -0.15) is 5.10 Å². The molecule has 2 heterocycles. The largest absolute Gasteiger partial charge is 0.351 e. The van der Waals surface area contributed by atoms with Gasteiger partial charge in [-0.05, 0) is 25.0 Å². The molecule has 1 amide bonds. The molecule has 1 aromatic carbocycles. The first-order valence-electron chi connectivity index (χ1n) is 9.42. The molecule has 0 bridgehead atoms. The zero-order valence-corrected chi connectivity index (χ0v) is 16.0. The molecule has 1 fully saturated rings. The fraction of sp³-hybridized carbons (Fsp3) is 0.500. The van der Waals surface area contributed by atoms with Crippen molar-refractivity contribution in [3.63, 3.8) is 0 Å². The lowest BCUT2D eigenvalue weighted by molar-refractivity contribution is 0.0946. The van der Waals surface area contributed by atoms with E-state index in [1.165, 1.54) is 5.56 Å². The number of hydrogen-bond donors (Lipinski definition) is 2. The number of rotatable bonds is 6. The fourth-order valence-corrected chi connectivity index (χ4v) is 3.34. The number of nitrogens with zero attached hydrogens (tertiary/aromatic N) is 3. The van der Waals surface area contributed by atoms with Crippen LogP contribution in [0.2, 0.25) is 0 Å². The Bertz CT molecular complexity index is 729. The minimum atomic E-state index is -0.0396. The molecule has 1 aliphatic heterocycles. The maximum Gasteiger partial charge on any atom is 0.254 e. The van der Waals surface area contributed by atoms with Gasteiger partial charge in [-0.15, -0.1) is 0 Å². The maximum atomic E-state index is 12.7. The topological polar surface area (TPSA) is 62.2 Å². The summed E-state index contributed by atoms with van der Waals surface area (Å²) in [5.74, 6) is 0.162. The minimum absolute atomic E-state index is 0.0396. The smallest absolute Gasteiger partial charge is 0.254 e. The van der Waals surface area contributed by atoms with E-state index in [4.69, 9.17) is 0 Å². The number of piperazine rings is 1. The molecule has 1 saturated heterocycles. The van der Waals surface area contributed by atoms with Crippen molar-refractivity contribution in [1.82, 2.24) is 25.3 Å². The third-order valence-electron chi connectivity index (χ3n) is 4.80. The minimum Gasteiger partial charge on any atom is -0.351 e. The Hall–Kier alpha value is -2.18. The van der Waals surface area contributed by atoms with Crippen LogP contribution in [0.4, 0.5) is 0 Å². The lowest BCUT2D eigenvalue weighted by atomic mass is 10.0. The van der Waals surface area contributed by atoms with Crippen molar-refractivity contribution in [1.29, 1.82) is 0 Å². The number of nitrogens with one attached hydrogen (secondary N) is 2. The first-order chi connectivity index (χ1) is 12.6. The number of amides is 1. The van der Waals surface area contributed by atoms with Crippen molar-refractivity contribution < 1.29 is 4.79 Å². The van der Waals surface area contributed by atoms with E-state index < -0.39 is 0 Å². The molecule has 2 aromatic rings. The molecule has 0 radical (unpaired) electrons. The van der Waals surface area contributed by atoms with Crippen LogP contribution in [0.25, 0.3) is 5.69 Å². The molecule has 0 spiro atoms. The Morgan fingerprint density at radius 1 is 1.23 bits per heavy atom. The van der Waals surface area contributed by atoms with Crippen LogP contribution in [0.1, 0.15) is 41.4 Å². The molecule has 0 atom stereocenters. The summed E-state index contributed by atoms with van der Waals surface area (Å²) in [7, 11) is 0. The van der Waals surface area contributed by atoms with E-state index in [1.807, 2.05) is 16.8 Å². The van der Waals surface area contributed by atoms with Crippen LogP contribution >= 0.6 is 0 Å². The number of carbonyl (C=O) groups is 1. The van der Waals surface area contributed by atoms with Gasteiger partial charge in [0.2, 0.25) is 0 Å². The zero-order valence-electron chi connectivity index (χ0n) is 16.0. The molecule has 140 valence electrons. The predicted octanol–water partition coefficient (Wildman–Crippen LogP) is 1.94. The second-order valence-corrected chi connectivity index (χ2v) is 7.19. The monoisotopic (exact) mass is 355 g/mol. The lowest BCUT2D eigenvalue weighted by Gasteiger charge is -2.27. The van der Waals surface area contributed by atoms with Crippen molar-refractivity contribution in [3.8, 4) is 5.69 Å². The van der Waals surface area contributed by atoms with Crippen LogP contribution in [0.15, 0.2) is 30.5 Å². The summed E-state index contributed by atoms with van der Waals surface area (Å²) in [4.78, 5) is 15.1. The second kappa shape index (κ2) is 8.47. The average Bonchev–Trinajstić information content (AvgIpc) is 3.08. The van der Waals surface area contributed by atoms with Crippen molar-refractivity contribution in [2.45, 2.75) is 26.7 Å². The third-order valence-corrected chi connectivity index (χ3v) is 4.80. The Morgan fingerprint density at radius 2 is 1.92 bits per heavy atom. The van der Waals surface area contributed by atoms with Crippen LogP contribution < -0.4 is 10.6 Å². The number of benzene rings is 1. The SMILES string of the molecule is Cc1ccc(-n2ncc(C(=O)NCCN3CCNCC3)c2C(C)C)cc1. The fourth-order valence-electron chi connectivity index (χ4n) is 3.34. The van der Waals surface area contributed by atoms with Crippen LogP contribution in [0.5, 0.6) is 0 Å². The molecule has 26 heavy (non-hydrogen) atoms. The number of hydrogen-bond acceptors (Lipinski definition) is 4. The molecule has 0 saturated carbocycles. The highest BCUT2D eigenvalue weighted by Crippen LogP contribution is 2.23. The van der Waals surface area contributed by atoms with Gasteiger partial charge < -0.3 is 10.6 Å². The van der Waals surface area contributed by atoms with Gasteiger partial charge in [0.15, 0.2) is 0 Å². The summed E-state index contributed by atoms with van der Waals surface area (Å²) in [5.41, 5.74) is 3.81. The van der Waals surface area contributed by atoms with Gasteiger partial charge in [-0.25, -0.2) is 4.68 Å². The number of aromatic nitrogens is 2. The molecular formula is C20H29N5O. The summed E-state index contributed by atoms with van der Waals surface area (Å²) in [6.45, 7) is 11.9. The summed E-state index contributed by atoms with van der Waals surface area (Å²) in [6.07, 6.45) is 1.69. The van der Waals surface area contributed by atoms with Crippen LogP contribution in [0.3, 0.4) is 0 Å². The van der Waals surface area contributed by atoms with Gasteiger partial charge >= 0.3 is 0 Å². The van der Waals surface area contributed by atoms with Gasteiger partial charge in [-0.3, -0.25) is 9.69 Å². The highest BCUT2D eigenvalue weighted by Gasteiger charge is 2.21. The quantitative estimate of drug-likeness (QED) is 0.831. The van der Waals surface area contributed by atoms with Crippen LogP contribution in [0, 0.1) is 6.92 Å². The standard InChI is InChI=1S/C20H29N5O/c1-15(2)19-18(14-23-25(19)17-6-4-16(3)5-7-17)20(26)22-10-13-24-11-8-21-9-12-24/h4-7,14-15,21H,8-13H2,1-3H3,(H,22,26). The molecule has 1 aliphatic rings. The molecule has 3 rings (SSSR count). The van der Waals surface area contributed by atoms with Gasteiger partial charge in [0.1, 0.15) is 0 Å². The Balaban J connectivity index is 1.70. The van der Waals surface area contributed by atoms with Crippen molar-refractivity contribution in [3.05, 3.63) is 47.3 Å². The Kier molecular flexibility index (Phi) is 6.06. The van der Waals surface area contributed by atoms with E-state index in [-0.39, 0.29) is 11.8 Å². The molecule has 6 nitrogen and oxygen atoms in total. The van der Waals surface area contributed by atoms with Crippen LogP contribution in [-0.4, -0.2) is 59.9 Å². The van der Waals surface area contributed by atoms with Gasteiger partial charge in [-0.1, -0.05) is 31.5 Å². The second-order valence-electron chi connectivity index (χ2n) is 7.19. The highest BCUT2D eigenvalue weighted by atomic mass is 16.1. The lowest BCUT2D eigenvalue weighted by Crippen LogP contribution is -2.46. The van der Waals surface area contributed by atoms with E-state index in [2.05, 4.69) is 53.5 Å². The van der Waals surface area contributed by atoms with Gasteiger partial charge in [0.25, 0.3) is 5.91 Å². The normalized spacial score (nSPS) is 15.4. The van der Waals surface area contributed by atoms with Crippen molar-refractivity contribution in [2.75, 3.05) is 39.3 Å². The van der Waals surface area contributed by atoms with Gasteiger partial charge in [0, 0.05) is 39.3 Å². The predicted molar refractivity (Wildman–Crippen MR) is 104 cm³/mol. The average molecular weight is 355 g/mol. The highest BCUT2D eigenvalue weighted by molar-refractivity contribution is 5.95. The van der Waals surface area contributed by atoms with E-state index in [0.29, 0.717) is 12.1 Å². The Morgan fingerprint density at radius 3 is 2.58 bits per heavy atom. The molecule has 0 aliphatic carbocycles. The molecule has 0 unspecified atom stereocenters. The van der Waals surface area contributed by atoms with E-state index in [1.54, 1.807) is 6.20 Å². The Labute approximate surface area is 155 Å². The zero-order chi connectivity index (χ0) is 18.5. The summed E-state index contributed by atoms with van der Waals surface area (Å²) < 4.78 is 1.88. The molecule has 6 heteroatoms. The third kappa shape index (κ3) is 4.31. The number of aryl methyl sites for hydroxylation is 1. The summed E-state index contributed by atoms with van der Waals surface area (Å²) in [5, 5.41) is 10.9. The molecule has 2 N–H and O–H groups in total. The maximum absolute atomic E-state index is 12.7. The van der Waals surface area contributed by atoms with Crippen molar-refractivity contribution in [2.24, 2.45) is 0 Å². The first kappa shape index (κ1) is 18.6. The summed E-state index contributed by atoms with van der Waals surface area (Å²) >= 11 is 0.